The quantitative estimate of drug-likeness (QED) is 0.652. The molecule has 0 aliphatic rings. The molecule has 0 fully saturated rings. The summed E-state index contributed by atoms with van der Waals surface area (Å²) < 4.78 is 76.4. The van der Waals surface area contributed by atoms with Crippen LogP contribution in [0.1, 0.15) is 34.3 Å². The zero-order valence-corrected chi connectivity index (χ0v) is 12.6. The van der Waals surface area contributed by atoms with Crippen molar-refractivity contribution in [1.29, 1.82) is 0 Å². The van der Waals surface area contributed by atoms with Crippen molar-refractivity contribution >= 4 is 17.8 Å². The van der Waals surface area contributed by atoms with Crippen molar-refractivity contribution in [3.8, 4) is 0 Å². The molecular weight excluding hydrogens is 376 g/mol. The molecule has 0 aliphatic carbocycles. The zero-order chi connectivity index (χ0) is 20.3. The van der Waals surface area contributed by atoms with Gasteiger partial charge in [0, 0.05) is 12.0 Å². The average Bonchev–Trinajstić information content (AvgIpc) is 2.48. The summed E-state index contributed by atoms with van der Waals surface area (Å²) in [5, 5.41) is 19.1. The lowest BCUT2D eigenvalue weighted by Gasteiger charge is -2.16. The van der Waals surface area contributed by atoms with Crippen LogP contribution in [0.2, 0.25) is 0 Å². The molecule has 1 amide bonds. The van der Waals surface area contributed by atoms with Crippen molar-refractivity contribution in [2.45, 2.75) is 31.2 Å². The fourth-order valence-corrected chi connectivity index (χ4v) is 1.85. The third-order valence-electron chi connectivity index (χ3n) is 3.10. The number of hydrogen-bond donors (Lipinski definition) is 3. The molecule has 1 rings (SSSR count). The van der Waals surface area contributed by atoms with Gasteiger partial charge < -0.3 is 15.5 Å². The van der Waals surface area contributed by atoms with Crippen LogP contribution < -0.4 is 5.32 Å². The Morgan fingerprint density at radius 2 is 1.38 bits per heavy atom. The van der Waals surface area contributed by atoms with Crippen LogP contribution in [0.25, 0.3) is 0 Å². The Bertz CT molecular complexity index is 681. The first-order chi connectivity index (χ1) is 11.7. The summed E-state index contributed by atoms with van der Waals surface area (Å²) in [4.78, 5) is 33.3. The lowest BCUT2D eigenvalue weighted by molar-refractivity contribution is -0.144. The van der Waals surface area contributed by atoms with E-state index in [2.05, 4.69) is 0 Å². The molecule has 0 saturated carbocycles. The van der Waals surface area contributed by atoms with Crippen LogP contribution in [-0.2, 0) is 21.9 Å². The molecule has 12 heteroatoms. The van der Waals surface area contributed by atoms with Gasteiger partial charge in [0.1, 0.15) is 6.04 Å². The molecule has 0 unspecified atom stereocenters. The maximum atomic E-state index is 12.7. The van der Waals surface area contributed by atoms with E-state index < -0.39 is 65.8 Å². The van der Waals surface area contributed by atoms with E-state index in [9.17, 15) is 40.7 Å². The summed E-state index contributed by atoms with van der Waals surface area (Å²) in [6, 6.07) is -1.71. The topological polar surface area (TPSA) is 104 Å². The third kappa shape index (κ3) is 5.93. The molecule has 0 radical (unpaired) electrons. The van der Waals surface area contributed by atoms with Crippen molar-refractivity contribution in [3.63, 3.8) is 0 Å². The van der Waals surface area contributed by atoms with E-state index >= 15 is 0 Å². The summed E-state index contributed by atoms with van der Waals surface area (Å²) in [6.07, 6.45) is -11.6. The molecule has 0 heterocycles. The Kier molecular flexibility index (Phi) is 6.23. The fraction of sp³-hybridized carbons (Fsp3) is 0.357. The van der Waals surface area contributed by atoms with Gasteiger partial charge in [-0.2, -0.15) is 26.3 Å². The van der Waals surface area contributed by atoms with Gasteiger partial charge in [0.05, 0.1) is 11.1 Å². The first-order valence-electron chi connectivity index (χ1n) is 6.76. The first-order valence-corrected chi connectivity index (χ1v) is 6.76. The molecule has 0 spiro atoms. The SMILES string of the molecule is O=C(O)CC[C@H](NC(=O)c1cc(C(F)(F)F)cc(C(F)(F)F)c1)C(=O)O. The van der Waals surface area contributed by atoms with E-state index in [1.54, 1.807) is 5.32 Å². The number of nitrogens with one attached hydrogen (secondary N) is 1. The number of hydrogen-bond acceptors (Lipinski definition) is 3. The Labute approximate surface area is 141 Å². The van der Waals surface area contributed by atoms with Crippen LogP contribution in [0.15, 0.2) is 18.2 Å². The summed E-state index contributed by atoms with van der Waals surface area (Å²) in [5.41, 5.74) is -4.54. The molecule has 6 nitrogen and oxygen atoms in total. The van der Waals surface area contributed by atoms with Gasteiger partial charge >= 0.3 is 24.3 Å². The number of amides is 1. The van der Waals surface area contributed by atoms with Crippen molar-refractivity contribution in [1.82, 2.24) is 5.32 Å². The minimum absolute atomic E-state index is 0.140. The van der Waals surface area contributed by atoms with Crippen LogP contribution in [-0.4, -0.2) is 34.1 Å². The molecule has 0 saturated heterocycles. The smallest absolute Gasteiger partial charge is 0.416 e. The standard InChI is InChI=1S/C14H11F6NO5/c15-13(16,17)7-3-6(4-8(5-7)14(18,19)20)11(24)21-9(12(25)26)1-2-10(22)23/h3-5,9H,1-2H2,(H,21,24)(H,22,23)(H,25,26)/t9-/m0/s1. The number of rotatable bonds is 6. The second-order valence-corrected chi connectivity index (χ2v) is 5.09. The lowest BCUT2D eigenvalue weighted by Crippen LogP contribution is -2.41. The van der Waals surface area contributed by atoms with E-state index in [-0.39, 0.29) is 18.2 Å². The van der Waals surface area contributed by atoms with E-state index in [0.29, 0.717) is 0 Å². The van der Waals surface area contributed by atoms with Gasteiger partial charge in [0.25, 0.3) is 5.91 Å². The van der Waals surface area contributed by atoms with Crippen molar-refractivity contribution in [3.05, 3.63) is 34.9 Å². The number of alkyl halides is 6. The number of carbonyl (C=O) groups excluding carboxylic acids is 1. The number of carbonyl (C=O) groups is 3. The number of halogens is 6. The van der Waals surface area contributed by atoms with Gasteiger partial charge in [-0.1, -0.05) is 0 Å². The molecule has 1 aromatic rings. The molecule has 1 atom stereocenters. The van der Waals surface area contributed by atoms with Gasteiger partial charge in [-0.25, -0.2) is 4.79 Å². The Morgan fingerprint density at radius 1 is 0.923 bits per heavy atom. The van der Waals surface area contributed by atoms with Gasteiger partial charge in [-0.05, 0) is 24.6 Å². The van der Waals surface area contributed by atoms with E-state index in [0.717, 1.165) is 0 Å². The molecule has 0 aliphatic heterocycles. The van der Waals surface area contributed by atoms with Crippen molar-refractivity contribution in [2.75, 3.05) is 0 Å². The van der Waals surface area contributed by atoms with E-state index in [1.807, 2.05) is 0 Å². The zero-order valence-electron chi connectivity index (χ0n) is 12.6. The van der Waals surface area contributed by atoms with Crippen LogP contribution in [0, 0.1) is 0 Å². The molecule has 0 bridgehead atoms. The predicted molar refractivity (Wildman–Crippen MR) is 72.2 cm³/mol. The van der Waals surface area contributed by atoms with Gasteiger partial charge in [0.2, 0.25) is 0 Å². The van der Waals surface area contributed by atoms with Gasteiger partial charge in [0.15, 0.2) is 0 Å². The highest BCUT2D eigenvalue weighted by molar-refractivity contribution is 5.97. The fourth-order valence-electron chi connectivity index (χ4n) is 1.85. The normalized spacial score (nSPS) is 13.2. The molecular formula is C14H11F6NO5. The first kappa shape index (κ1) is 21.3. The largest absolute Gasteiger partial charge is 0.481 e. The molecule has 0 aromatic heterocycles. The maximum Gasteiger partial charge on any atom is 0.416 e. The summed E-state index contributed by atoms with van der Waals surface area (Å²) in [5.74, 6) is -4.61. The van der Waals surface area contributed by atoms with Crippen LogP contribution in [0.5, 0.6) is 0 Å². The lowest BCUT2D eigenvalue weighted by atomic mass is 10.0. The van der Waals surface area contributed by atoms with Crippen LogP contribution >= 0.6 is 0 Å². The Hall–Kier alpha value is -2.79. The molecule has 3 N–H and O–H groups in total. The number of carboxylic acid groups (broad SMARTS) is 2. The third-order valence-corrected chi connectivity index (χ3v) is 3.10. The molecule has 144 valence electrons. The summed E-state index contributed by atoms with van der Waals surface area (Å²) in [6.45, 7) is 0. The molecule has 26 heavy (non-hydrogen) atoms. The van der Waals surface area contributed by atoms with Crippen molar-refractivity contribution in [2.24, 2.45) is 0 Å². The van der Waals surface area contributed by atoms with E-state index in [4.69, 9.17) is 10.2 Å². The van der Waals surface area contributed by atoms with Crippen LogP contribution in [0.4, 0.5) is 26.3 Å². The maximum absolute atomic E-state index is 12.7. The van der Waals surface area contributed by atoms with Gasteiger partial charge in [-0.3, -0.25) is 9.59 Å². The summed E-state index contributed by atoms with van der Waals surface area (Å²) in [7, 11) is 0. The van der Waals surface area contributed by atoms with Gasteiger partial charge in [-0.15, -0.1) is 0 Å². The molecule has 1 aromatic carbocycles. The summed E-state index contributed by atoms with van der Waals surface area (Å²) >= 11 is 0. The van der Waals surface area contributed by atoms with Crippen molar-refractivity contribution < 1.29 is 50.9 Å². The number of aliphatic carboxylic acids is 2. The highest BCUT2D eigenvalue weighted by Gasteiger charge is 2.37. The highest BCUT2D eigenvalue weighted by atomic mass is 19.4. The number of carboxylic acids is 2. The Morgan fingerprint density at radius 3 is 1.73 bits per heavy atom. The minimum Gasteiger partial charge on any atom is -0.481 e. The predicted octanol–water partition coefficient (Wildman–Crippen LogP) is 2.77. The van der Waals surface area contributed by atoms with E-state index in [1.165, 1.54) is 0 Å². The second kappa shape index (κ2) is 7.62. The average molecular weight is 387 g/mol. The Balaban J connectivity index is 3.21. The second-order valence-electron chi connectivity index (χ2n) is 5.09. The minimum atomic E-state index is -5.17. The highest BCUT2D eigenvalue weighted by Crippen LogP contribution is 2.36. The number of benzene rings is 1. The monoisotopic (exact) mass is 387 g/mol. The van der Waals surface area contributed by atoms with Crippen LogP contribution in [0.3, 0.4) is 0 Å².